The third-order valence-electron chi connectivity index (χ3n) is 3.55. The van der Waals surface area contributed by atoms with Gasteiger partial charge in [0.05, 0.1) is 40.5 Å². The van der Waals surface area contributed by atoms with Crippen LogP contribution in [0.2, 0.25) is 5.02 Å². The molecule has 0 aliphatic carbocycles. The minimum absolute atomic E-state index is 0. The Kier molecular flexibility index (Phi) is 3.22. The van der Waals surface area contributed by atoms with Crippen molar-refractivity contribution in [1.82, 2.24) is 24.3 Å². The fourth-order valence-corrected chi connectivity index (χ4v) is 2.77. The molecule has 1 aliphatic heterocycles. The molecule has 0 unspecified atom stereocenters. The maximum Gasteiger partial charge on any atom is 0.162 e. The van der Waals surface area contributed by atoms with Gasteiger partial charge in [0.15, 0.2) is 5.82 Å². The summed E-state index contributed by atoms with van der Waals surface area (Å²) < 4.78 is 17.4. The average molecular weight is 326 g/mol. The van der Waals surface area contributed by atoms with E-state index in [2.05, 4.69) is 15.1 Å². The molecule has 0 atom stereocenters. The van der Waals surface area contributed by atoms with Crippen LogP contribution in [-0.4, -0.2) is 24.3 Å². The Bertz CT molecular complexity index is 839. The Balaban J connectivity index is 0.00000132. The average Bonchev–Trinajstić information content (AvgIpc) is 2.99. The highest BCUT2D eigenvalue weighted by molar-refractivity contribution is 6.33. The van der Waals surface area contributed by atoms with Gasteiger partial charge in [-0.05, 0) is 19.1 Å². The normalized spacial score (nSPS) is 12.0. The summed E-state index contributed by atoms with van der Waals surface area (Å²) >= 11 is 6.15. The van der Waals surface area contributed by atoms with Crippen LogP contribution in [0, 0.1) is 12.7 Å². The summed E-state index contributed by atoms with van der Waals surface area (Å²) in [6, 6.07) is 3.04. The zero-order valence-electron chi connectivity index (χ0n) is 10.9. The number of halogens is 3. The molecule has 3 aromatic rings. The van der Waals surface area contributed by atoms with Gasteiger partial charge in [-0.25, -0.2) is 19.0 Å². The van der Waals surface area contributed by atoms with E-state index in [1.54, 1.807) is 17.1 Å². The van der Waals surface area contributed by atoms with Crippen molar-refractivity contribution in [2.24, 2.45) is 0 Å². The Morgan fingerprint density at radius 2 is 2.10 bits per heavy atom. The molecule has 3 heterocycles. The van der Waals surface area contributed by atoms with Crippen molar-refractivity contribution in [1.29, 1.82) is 0 Å². The molecule has 5 nitrogen and oxygen atoms in total. The summed E-state index contributed by atoms with van der Waals surface area (Å²) in [4.78, 5) is 8.53. The Morgan fingerprint density at radius 1 is 1.29 bits per heavy atom. The summed E-state index contributed by atoms with van der Waals surface area (Å²) in [5, 5.41) is 4.24. The molecule has 4 rings (SSSR count). The van der Waals surface area contributed by atoms with Gasteiger partial charge < -0.3 is 4.57 Å². The molecule has 0 saturated heterocycles. The summed E-state index contributed by atoms with van der Waals surface area (Å²) in [5.41, 5.74) is 3.19. The second-order valence-electron chi connectivity index (χ2n) is 4.64. The third kappa shape index (κ3) is 1.86. The molecular weight excluding hydrogens is 316 g/mol. The molecule has 8 heteroatoms. The zero-order valence-corrected chi connectivity index (χ0v) is 12.5. The fraction of sp³-hybridized carbons (Fsp3) is 0.154. The number of aryl methyl sites for hydroxylation is 1. The Labute approximate surface area is 130 Å². The van der Waals surface area contributed by atoms with Gasteiger partial charge in [0.1, 0.15) is 12.1 Å². The molecule has 0 spiro atoms. The van der Waals surface area contributed by atoms with Crippen LogP contribution in [0.15, 0.2) is 24.8 Å². The minimum Gasteiger partial charge on any atom is -0.300 e. The van der Waals surface area contributed by atoms with E-state index in [-0.39, 0.29) is 17.4 Å². The van der Waals surface area contributed by atoms with Crippen LogP contribution in [-0.2, 0) is 6.54 Å². The number of hydrogen-bond donors (Lipinski definition) is 0. The molecule has 21 heavy (non-hydrogen) atoms. The topological polar surface area (TPSA) is 48.5 Å². The van der Waals surface area contributed by atoms with Crippen LogP contribution < -0.4 is 0 Å². The largest absolute Gasteiger partial charge is 0.300 e. The lowest BCUT2D eigenvalue weighted by atomic mass is 10.1. The van der Waals surface area contributed by atoms with E-state index < -0.39 is 5.82 Å². The summed E-state index contributed by atoms with van der Waals surface area (Å²) in [6.45, 7) is 2.45. The Morgan fingerprint density at radius 3 is 2.90 bits per heavy atom. The highest BCUT2D eigenvalue weighted by Gasteiger charge is 2.25. The smallest absolute Gasteiger partial charge is 0.162 e. The molecule has 1 aliphatic rings. The molecular formula is C13H10Cl2FN5. The van der Waals surface area contributed by atoms with Crippen molar-refractivity contribution in [2.45, 2.75) is 13.5 Å². The van der Waals surface area contributed by atoms with E-state index in [0.717, 1.165) is 17.1 Å². The lowest BCUT2D eigenvalue weighted by molar-refractivity contribution is 0.628. The molecule has 2 aromatic heterocycles. The maximum absolute atomic E-state index is 13.8. The number of fused-ring (bicyclic) bond motifs is 5. The fourth-order valence-electron chi connectivity index (χ4n) is 2.53. The van der Waals surface area contributed by atoms with Crippen LogP contribution in [0.5, 0.6) is 0 Å². The predicted octanol–water partition coefficient (Wildman–Crippen LogP) is 3.02. The molecule has 0 amide bonds. The molecule has 0 saturated carbocycles. The van der Waals surface area contributed by atoms with Crippen LogP contribution in [0.4, 0.5) is 4.39 Å². The highest BCUT2D eigenvalue weighted by atomic mass is 35.5. The van der Waals surface area contributed by atoms with E-state index in [0.29, 0.717) is 17.9 Å². The van der Waals surface area contributed by atoms with Gasteiger partial charge in [0.25, 0.3) is 0 Å². The highest BCUT2D eigenvalue weighted by Crippen LogP contribution is 2.37. The van der Waals surface area contributed by atoms with Gasteiger partial charge in [-0.3, -0.25) is 0 Å². The van der Waals surface area contributed by atoms with Crippen molar-refractivity contribution in [3.8, 4) is 17.1 Å². The first kappa shape index (κ1) is 14.0. The van der Waals surface area contributed by atoms with Gasteiger partial charge in [-0.1, -0.05) is 11.6 Å². The van der Waals surface area contributed by atoms with E-state index >= 15 is 0 Å². The second-order valence-corrected chi connectivity index (χ2v) is 5.02. The quantitative estimate of drug-likeness (QED) is 0.499. The lowest BCUT2D eigenvalue weighted by Gasteiger charge is -2.10. The van der Waals surface area contributed by atoms with Gasteiger partial charge in [0.2, 0.25) is 0 Å². The van der Waals surface area contributed by atoms with Crippen molar-refractivity contribution in [3.63, 3.8) is 0 Å². The Hall–Kier alpha value is -1.92. The van der Waals surface area contributed by atoms with Crippen molar-refractivity contribution in [3.05, 3.63) is 47.0 Å². The van der Waals surface area contributed by atoms with Crippen molar-refractivity contribution < 1.29 is 4.39 Å². The van der Waals surface area contributed by atoms with Crippen LogP contribution in [0.25, 0.3) is 17.1 Å². The SMILES string of the molecule is Cc1ncn2c1Cn1ncnc1-c1c-2ccc(F)c1Cl.Cl. The standard InChI is InChI=1S/C13H9ClFN5.ClH/c1-7-10-4-20-13(16-5-18-20)11-9(19(10)6-17-7)3-2-8(15)12(11)14;/h2-3,5-6H,4H2,1H3;1H. The van der Waals surface area contributed by atoms with E-state index in [1.165, 1.54) is 12.4 Å². The monoisotopic (exact) mass is 325 g/mol. The molecule has 0 radical (unpaired) electrons. The molecule has 0 N–H and O–H groups in total. The molecule has 1 aromatic carbocycles. The minimum atomic E-state index is -0.472. The predicted molar refractivity (Wildman–Crippen MR) is 78.6 cm³/mol. The number of aromatic nitrogens is 5. The van der Waals surface area contributed by atoms with E-state index in [1.807, 2.05) is 11.5 Å². The maximum atomic E-state index is 13.8. The summed E-state index contributed by atoms with van der Waals surface area (Å²) in [5.74, 6) is 0.0906. The van der Waals surface area contributed by atoms with Crippen LogP contribution in [0.3, 0.4) is 0 Å². The first-order chi connectivity index (χ1) is 9.66. The summed E-state index contributed by atoms with van der Waals surface area (Å²) in [7, 11) is 0. The summed E-state index contributed by atoms with van der Waals surface area (Å²) in [6.07, 6.45) is 3.16. The van der Waals surface area contributed by atoms with Gasteiger partial charge in [0, 0.05) is 0 Å². The number of benzene rings is 1. The lowest BCUT2D eigenvalue weighted by Crippen LogP contribution is -2.05. The van der Waals surface area contributed by atoms with Gasteiger partial charge >= 0.3 is 0 Å². The van der Waals surface area contributed by atoms with Crippen molar-refractivity contribution >= 4 is 24.0 Å². The molecule has 0 bridgehead atoms. The van der Waals surface area contributed by atoms with Crippen molar-refractivity contribution in [2.75, 3.05) is 0 Å². The first-order valence-electron chi connectivity index (χ1n) is 6.06. The van der Waals surface area contributed by atoms with E-state index in [4.69, 9.17) is 11.6 Å². The number of hydrogen-bond acceptors (Lipinski definition) is 3. The van der Waals surface area contributed by atoms with Gasteiger partial charge in [-0.15, -0.1) is 12.4 Å². The van der Waals surface area contributed by atoms with Crippen LogP contribution >= 0.6 is 24.0 Å². The first-order valence-corrected chi connectivity index (χ1v) is 6.44. The number of imidazole rings is 1. The second kappa shape index (κ2) is 4.82. The number of nitrogens with zero attached hydrogens (tertiary/aromatic N) is 5. The van der Waals surface area contributed by atoms with E-state index in [9.17, 15) is 4.39 Å². The number of rotatable bonds is 0. The van der Waals surface area contributed by atoms with Gasteiger partial charge in [-0.2, -0.15) is 5.10 Å². The molecule has 108 valence electrons. The zero-order chi connectivity index (χ0) is 13.9. The van der Waals surface area contributed by atoms with Crippen LogP contribution in [0.1, 0.15) is 11.4 Å². The molecule has 0 fully saturated rings. The third-order valence-corrected chi connectivity index (χ3v) is 3.92.